The number of nitrogens with zero attached hydrogens (tertiary/aromatic N) is 1. The molecule has 1 aliphatic rings. The summed E-state index contributed by atoms with van der Waals surface area (Å²) in [6.45, 7) is 4.15. The molecule has 26 heavy (non-hydrogen) atoms. The zero-order valence-corrected chi connectivity index (χ0v) is 15.9. The molecule has 0 spiro atoms. The number of carbonyl (C=O) groups is 1. The lowest BCUT2D eigenvalue weighted by Gasteiger charge is -2.32. The highest BCUT2D eigenvalue weighted by molar-refractivity contribution is 6.30. The molecule has 1 N–H and O–H groups in total. The molecule has 1 amide bonds. The molecule has 6 heteroatoms. The van der Waals surface area contributed by atoms with Gasteiger partial charge in [-0.2, -0.15) is 0 Å². The van der Waals surface area contributed by atoms with Crippen LogP contribution in [0.2, 0.25) is 5.02 Å². The highest BCUT2D eigenvalue weighted by Gasteiger charge is 2.25. The molecule has 2 aromatic rings. The maximum absolute atomic E-state index is 12.6. The van der Waals surface area contributed by atoms with E-state index in [0.717, 1.165) is 49.8 Å². The number of methoxy groups -OCH3 is 2. The van der Waals surface area contributed by atoms with Gasteiger partial charge in [0.15, 0.2) is 0 Å². The molecule has 5 nitrogen and oxygen atoms in total. The van der Waals surface area contributed by atoms with Gasteiger partial charge in [-0.05, 0) is 30.3 Å². The number of quaternary nitrogens is 1. The summed E-state index contributed by atoms with van der Waals surface area (Å²) >= 11 is 6.00. The highest BCUT2D eigenvalue weighted by atomic mass is 35.5. The number of hydrogen-bond donors (Lipinski definition) is 1. The first-order valence-corrected chi connectivity index (χ1v) is 9.08. The van der Waals surface area contributed by atoms with E-state index in [1.807, 2.05) is 35.2 Å². The van der Waals surface area contributed by atoms with Crippen LogP contribution in [0.1, 0.15) is 15.9 Å². The van der Waals surface area contributed by atoms with E-state index in [9.17, 15) is 4.79 Å². The Balaban J connectivity index is 1.60. The Morgan fingerprint density at radius 3 is 2.54 bits per heavy atom. The molecule has 0 bridgehead atoms. The first-order chi connectivity index (χ1) is 12.6. The van der Waals surface area contributed by atoms with Crippen LogP contribution < -0.4 is 14.4 Å². The zero-order valence-electron chi connectivity index (χ0n) is 15.1. The third kappa shape index (κ3) is 4.29. The van der Waals surface area contributed by atoms with Crippen LogP contribution >= 0.6 is 11.6 Å². The van der Waals surface area contributed by atoms with Gasteiger partial charge in [0.25, 0.3) is 5.91 Å². The van der Waals surface area contributed by atoms with Crippen molar-refractivity contribution in [2.45, 2.75) is 6.54 Å². The van der Waals surface area contributed by atoms with Crippen LogP contribution in [0.5, 0.6) is 11.5 Å². The molecule has 0 unspecified atom stereocenters. The van der Waals surface area contributed by atoms with Gasteiger partial charge in [-0.3, -0.25) is 4.79 Å². The van der Waals surface area contributed by atoms with E-state index in [1.165, 1.54) is 4.90 Å². The van der Waals surface area contributed by atoms with Gasteiger partial charge in [0.05, 0.1) is 40.4 Å². The smallest absolute Gasteiger partial charge is 0.254 e. The summed E-state index contributed by atoms with van der Waals surface area (Å²) in [4.78, 5) is 15.9. The summed E-state index contributed by atoms with van der Waals surface area (Å²) in [6.07, 6.45) is 0. The Morgan fingerprint density at radius 1 is 1.12 bits per heavy atom. The van der Waals surface area contributed by atoms with Gasteiger partial charge >= 0.3 is 0 Å². The third-order valence-corrected chi connectivity index (χ3v) is 5.00. The lowest BCUT2D eigenvalue weighted by molar-refractivity contribution is -0.917. The van der Waals surface area contributed by atoms with E-state index in [-0.39, 0.29) is 5.91 Å². The number of benzene rings is 2. The van der Waals surface area contributed by atoms with Crippen LogP contribution in [-0.2, 0) is 6.54 Å². The first-order valence-electron chi connectivity index (χ1n) is 8.70. The number of halogens is 1. The first kappa shape index (κ1) is 18.5. The molecule has 0 atom stereocenters. The highest BCUT2D eigenvalue weighted by Crippen LogP contribution is 2.24. The Labute approximate surface area is 159 Å². The fourth-order valence-electron chi connectivity index (χ4n) is 3.27. The van der Waals surface area contributed by atoms with Crippen molar-refractivity contribution in [1.82, 2.24) is 4.90 Å². The quantitative estimate of drug-likeness (QED) is 0.868. The molecule has 3 rings (SSSR count). The van der Waals surface area contributed by atoms with E-state index in [4.69, 9.17) is 21.1 Å². The number of carbonyl (C=O) groups excluding carboxylic acids is 1. The predicted octanol–water partition coefficient (Wildman–Crippen LogP) is 1.90. The minimum Gasteiger partial charge on any atom is -0.497 e. The number of ether oxygens (including phenoxy) is 2. The summed E-state index contributed by atoms with van der Waals surface area (Å²) in [5.41, 5.74) is 1.80. The maximum Gasteiger partial charge on any atom is 0.254 e. The van der Waals surface area contributed by atoms with Gasteiger partial charge in [-0.1, -0.05) is 17.7 Å². The van der Waals surface area contributed by atoms with Crippen LogP contribution in [0.3, 0.4) is 0 Å². The van der Waals surface area contributed by atoms with Gasteiger partial charge in [-0.25, -0.2) is 0 Å². The normalized spacial score (nSPS) is 15.0. The topological polar surface area (TPSA) is 43.2 Å². The van der Waals surface area contributed by atoms with Crippen molar-refractivity contribution < 1.29 is 19.2 Å². The molecule has 1 fully saturated rings. The summed E-state index contributed by atoms with van der Waals surface area (Å²) in [5.74, 6) is 1.68. The van der Waals surface area contributed by atoms with Crippen molar-refractivity contribution >= 4 is 17.5 Å². The fraction of sp³-hybridized carbons (Fsp3) is 0.350. The zero-order chi connectivity index (χ0) is 18.5. The second-order valence-corrected chi connectivity index (χ2v) is 6.84. The number of nitrogens with one attached hydrogen (secondary N) is 1. The van der Waals surface area contributed by atoms with E-state index in [0.29, 0.717) is 10.6 Å². The summed E-state index contributed by atoms with van der Waals surface area (Å²) in [5, 5.41) is 0.590. The Bertz CT molecular complexity index is 773. The van der Waals surface area contributed by atoms with Crippen molar-refractivity contribution in [2.75, 3.05) is 40.4 Å². The van der Waals surface area contributed by atoms with E-state index in [1.54, 1.807) is 26.4 Å². The van der Waals surface area contributed by atoms with Crippen LogP contribution in [0.25, 0.3) is 0 Å². The standard InChI is InChI=1S/C20H23ClN2O3/c1-25-18-7-6-16(19(13-18)26-2)14-22-8-10-23(11-9-22)20(24)15-4-3-5-17(21)12-15/h3-7,12-13H,8-11,14H2,1-2H3/p+1. The fourth-order valence-corrected chi connectivity index (χ4v) is 3.46. The van der Waals surface area contributed by atoms with Crippen LogP contribution in [0.15, 0.2) is 42.5 Å². The van der Waals surface area contributed by atoms with Crippen LogP contribution in [0.4, 0.5) is 0 Å². The number of hydrogen-bond acceptors (Lipinski definition) is 3. The monoisotopic (exact) mass is 375 g/mol. The summed E-state index contributed by atoms with van der Waals surface area (Å²) in [6, 6.07) is 13.1. The Morgan fingerprint density at radius 2 is 1.88 bits per heavy atom. The second-order valence-electron chi connectivity index (χ2n) is 6.41. The Hall–Kier alpha value is -2.24. The molecule has 0 saturated carbocycles. The van der Waals surface area contributed by atoms with Crippen molar-refractivity contribution in [1.29, 1.82) is 0 Å². The molecule has 138 valence electrons. The Kier molecular flexibility index (Phi) is 6.01. The van der Waals surface area contributed by atoms with Crippen molar-refractivity contribution in [3.63, 3.8) is 0 Å². The minimum atomic E-state index is 0.0496. The molecule has 0 radical (unpaired) electrons. The largest absolute Gasteiger partial charge is 0.497 e. The van der Waals surface area contributed by atoms with Gasteiger partial charge < -0.3 is 19.3 Å². The molecular weight excluding hydrogens is 352 g/mol. The molecule has 0 aliphatic carbocycles. The van der Waals surface area contributed by atoms with Crippen molar-refractivity contribution in [3.8, 4) is 11.5 Å². The minimum absolute atomic E-state index is 0.0496. The molecule has 1 aliphatic heterocycles. The van der Waals surface area contributed by atoms with E-state index >= 15 is 0 Å². The number of rotatable bonds is 5. The summed E-state index contributed by atoms with van der Waals surface area (Å²) in [7, 11) is 3.32. The van der Waals surface area contributed by atoms with Gasteiger partial charge in [0.2, 0.25) is 0 Å². The molecule has 2 aromatic carbocycles. The lowest BCUT2D eigenvalue weighted by Crippen LogP contribution is -3.13. The van der Waals surface area contributed by atoms with Gasteiger partial charge in [0, 0.05) is 22.2 Å². The average molecular weight is 376 g/mol. The lowest BCUT2D eigenvalue weighted by atomic mass is 10.1. The van der Waals surface area contributed by atoms with Gasteiger partial charge in [0.1, 0.15) is 18.0 Å². The SMILES string of the molecule is COc1ccc(C[NH+]2CCN(C(=O)c3cccc(Cl)c3)CC2)c(OC)c1. The van der Waals surface area contributed by atoms with E-state index < -0.39 is 0 Å². The van der Waals surface area contributed by atoms with Crippen LogP contribution in [0, 0.1) is 0 Å². The van der Waals surface area contributed by atoms with Crippen LogP contribution in [-0.4, -0.2) is 51.2 Å². The number of amides is 1. The molecule has 0 aromatic heterocycles. The molecule has 1 heterocycles. The average Bonchev–Trinajstić information content (AvgIpc) is 2.68. The predicted molar refractivity (Wildman–Crippen MR) is 101 cm³/mol. The van der Waals surface area contributed by atoms with Crippen molar-refractivity contribution in [3.05, 3.63) is 58.6 Å². The van der Waals surface area contributed by atoms with Gasteiger partial charge in [-0.15, -0.1) is 0 Å². The molecular formula is C20H24ClN2O3+. The molecule has 1 saturated heterocycles. The van der Waals surface area contributed by atoms with E-state index in [2.05, 4.69) is 0 Å². The number of piperazine rings is 1. The van der Waals surface area contributed by atoms with Crippen molar-refractivity contribution in [2.24, 2.45) is 0 Å². The maximum atomic E-state index is 12.6. The third-order valence-electron chi connectivity index (χ3n) is 4.76. The summed E-state index contributed by atoms with van der Waals surface area (Å²) < 4.78 is 10.7. The second kappa shape index (κ2) is 8.43.